The standard InChI is InChI=1S/C15H24O3/c1-11(8-9-16)6-5-7-12(2)13-10-14(17)15(3,4)18-13/h7-8,13,16H,5-6,9-10H2,1-4H3/b11-8+,12-7+. The van der Waals surface area contributed by atoms with Crippen LogP contribution in [0.3, 0.4) is 0 Å². The van der Waals surface area contributed by atoms with E-state index < -0.39 is 5.60 Å². The van der Waals surface area contributed by atoms with Crippen LogP contribution in [0.2, 0.25) is 0 Å². The van der Waals surface area contributed by atoms with Crippen molar-refractivity contribution < 1.29 is 14.6 Å². The van der Waals surface area contributed by atoms with Crippen molar-refractivity contribution in [1.29, 1.82) is 0 Å². The van der Waals surface area contributed by atoms with Crippen LogP contribution >= 0.6 is 0 Å². The van der Waals surface area contributed by atoms with Gasteiger partial charge in [-0.3, -0.25) is 4.79 Å². The molecule has 0 aliphatic carbocycles. The summed E-state index contributed by atoms with van der Waals surface area (Å²) in [5.41, 5.74) is 1.68. The number of carbonyl (C=O) groups is 1. The van der Waals surface area contributed by atoms with E-state index in [0.717, 1.165) is 18.4 Å². The van der Waals surface area contributed by atoms with E-state index in [0.29, 0.717) is 6.42 Å². The monoisotopic (exact) mass is 252 g/mol. The molecule has 102 valence electrons. The molecule has 1 aliphatic heterocycles. The number of Topliss-reactive ketones (excluding diaryl/α,β-unsaturated/α-hetero) is 1. The lowest BCUT2D eigenvalue weighted by atomic mass is 10.0. The first-order chi connectivity index (χ1) is 8.36. The van der Waals surface area contributed by atoms with Gasteiger partial charge in [0.2, 0.25) is 0 Å². The van der Waals surface area contributed by atoms with Crippen LogP contribution in [0.25, 0.3) is 0 Å². The largest absolute Gasteiger partial charge is 0.392 e. The predicted octanol–water partition coefficient (Wildman–Crippen LogP) is 2.79. The Morgan fingerprint density at radius 1 is 1.44 bits per heavy atom. The molecule has 0 saturated carbocycles. The molecule has 1 unspecified atom stereocenters. The Morgan fingerprint density at radius 3 is 2.61 bits per heavy atom. The van der Waals surface area contributed by atoms with Crippen molar-refractivity contribution in [3.05, 3.63) is 23.3 Å². The molecular weight excluding hydrogens is 228 g/mol. The number of allylic oxidation sites excluding steroid dienone is 2. The number of rotatable bonds is 5. The number of ether oxygens (including phenoxy) is 1. The van der Waals surface area contributed by atoms with Crippen LogP contribution in [0.1, 0.15) is 47.0 Å². The molecule has 1 saturated heterocycles. The van der Waals surface area contributed by atoms with Crippen LogP contribution in [0, 0.1) is 0 Å². The van der Waals surface area contributed by atoms with E-state index in [9.17, 15) is 4.79 Å². The zero-order valence-corrected chi connectivity index (χ0v) is 11.8. The third kappa shape index (κ3) is 4.07. The predicted molar refractivity (Wildman–Crippen MR) is 72.4 cm³/mol. The van der Waals surface area contributed by atoms with E-state index >= 15 is 0 Å². The zero-order valence-electron chi connectivity index (χ0n) is 11.8. The Hall–Kier alpha value is -0.930. The molecule has 1 atom stereocenters. The normalized spacial score (nSPS) is 24.7. The lowest BCUT2D eigenvalue weighted by Gasteiger charge is -2.18. The molecule has 0 radical (unpaired) electrons. The summed E-state index contributed by atoms with van der Waals surface area (Å²) in [7, 11) is 0. The fourth-order valence-corrected chi connectivity index (χ4v) is 2.05. The van der Waals surface area contributed by atoms with Gasteiger partial charge in [-0.2, -0.15) is 0 Å². The Bertz CT molecular complexity index is 364. The average molecular weight is 252 g/mol. The minimum Gasteiger partial charge on any atom is -0.392 e. The third-order valence-electron chi connectivity index (χ3n) is 3.43. The Labute approximate surface area is 110 Å². The second kappa shape index (κ2) is 6.30. The molecular formula is C15H24O3. The second-order valence-electron chi connectivity index (χ2n) is 5.46. The van der Waals surface area contributed by atoms with Gasteiger partial charge in [0.05, 0.1) is 12.7 Å². The molecule has 3 nitrogen and oxygen atoms in total. The summed E-state index contributed by atoms with van der Waals surface area (Å²) in [6.45, 7) is 7.79. The molecule has 1 heterocycles. The molecule has 3 heteroatoms. The first-order valence-corrected chi connectivity index (χ1v) is 6.51. The van der Waals surface area contributed by atoms with Gasteiger partial charge in [-0.1, -0.05) is 17.7 Å². The topological polar surface area (TPSA) is 46.5 Å². The quantitative estimate of drug-likeness (QED) is 0.765. The highest BCUT2D eigenvalue weighted by atomic mass is 16.5. The number of aliphatic hydroxyl groups excluding tert-OH is 1. The van der Waals surface area contributed by atoms with E-state index in [1.165, 1.54) is 5.57 Å². The maximum atomic E-state index is 11.7. The van der Waals surface area contributed by atoms with Crippen LogP contribution in [0.4, 0.5) is 0 Å². The summed E-state index contributed by atoms with van der Waals surface area (Å²) in [6, 6.07) is 0. The van der Waals surface area contributed by atoms with Gasteiger partial charge in [-0.25, -0.2) is 0 Å². The van der Waals surface area contributed by atoms with Gasteiger partial charge in [-0.05, 0) is 46.1 Å². The highest BCUT2D eigenvalue weighted by Crippen LogP contribution is 2.30. The smallest absolute Gasteiger partial charge is 0.167 e. The van der Waals surface area contributed by atoms with E-state index in [2.05, 4.69) is 6.08 Å². The Morgan fingerprint density at radius 2 is 2.11 bits per heavy atom. The van der Waals surface area contributed by atoms with Crippen molar-refractivity contribution in [2.24, 2.45) is 0 Å². The summed E-state index contributed by atoms with van der Waals surface area (Å²) in [4.78, 5) is 11.7. The van der Waals surface area contributed by atoms with Crippen molar-refractivity contribution >= 4 is 5.78 Å². The van der Waals surface area contributed by atoms with Gasteiger partial charge in [-0.15, -0.1) is 0 Å². The lowest BCUT2D eigenvalue weighted by molar-refractivity contribution is -0.129. The highest BCUT2D eigenvalue weighted by molar-refractivity contribution is 5.89. The van der Waals surface area contributed by atoms with Gasteiger partial charge in [0.15, 0.2) is 5.78 Å². The van der Waals surface area contributed by atoms with Gasteiger partial charge < -0.3 is 9.84 Å². The minimum atomic E-state index is -0.632. The molecule has 0 bridgehead atoms. The Kier molecular flexibility index (Phi) is 5.29. The lowest BCUT2D eigenvalue weighted by Crippen LogP contribution is -2.27. The molecule has 0 spiro atoms. The summed E-state index contributed by atoms with van der Waals surface area (Å²) in [6.07, 6.45) is 6.23. The van der Waals surface area contributed by atoms with Crippen molar-refractivity contribution in [1.82, 2.24) is 0 Å². The van der Waals surface area contributed by atoms with Crippen LogP contribution in [-0.2, 0) is 9.53 Å². The molecule has 18 heavy (non-hydrogen) atoms. The van der Waals surface area contributed by atoms with E-state index in [4.69, 9.17) is 9.84 Å². The second-order valence-corrected chi connectivity index (χ2v) is 5.46. The number of ketones is 1. The Balaban J connectivity index is 2.48. The first kappa shape index (κ1) is 15.1. The molecule has 0 aromatic carbocycles. The highest BCUT2D eigenvalue weighted by Gasteiger charge is 2.40. The molecule has 1 N–H and O–H groups in total. The first-order valence-electron chi connectivity index (χ1n) is 6.51. The minimum absolute atomic E-state index is 0.0605. The third-order valence-corrected chi connectivity index (χ3v) is 3.43. The van der Waals surface area contributed by atoms with Gasteiger partial charge >= 0.3 is 0 Å². The number of hydrogen-bond acceptors (Lipinski definition) is 3. The van der Waals surface area contributed by atoms with Crippen LogP contribution in [0.5, 0.6) is 0 Å². The van der Waals surface area contributed by atoms with Crippen molar-refractivity contribution in [3.8, 4) is 0 Å². The maximum absolute atomic E-state index is 11.7. The molecule has 0 aromatic heterocycles. The van der Waals surface area contributed by atoms with Gasteiger partial charge in [0.1, 0.15) is 5.60 Å². The van der Waals surface area contributed by atoms with Gasteiger partial charge in [0.25, 0.3) is 0 Å². The van der Waals surface area contributed by atoms with Crippen molar-refractivity contribution in [2.75, 3.05) is 6.61 Å². The summed E-state index contributed by atoms with van der Waals surface area (Å²) in [5.74, 6) is 0.177. The molecule has 1 fully saturated rings. The SMILES string of the molecule is C/C(=C\CO)CC/C=C(\C)C1CC(=O)C(C)(C)O1. The van der Waals surface area contributed by atoms with E-state index in [1.54, 1.807) is 0 Å². The number of hydrogen-bond donors (Lipinski definition) is 1. The van der Waals surface area contributed by atoms with Crippen molar-refractivity contribution in [2.45, 2.75) is 58.7 Å². The molecule has 1 rings (SSSR count). The molecule has 0 amide bonds. The molecule has 0 aromatic rings. The van der Waals surface area contributed by atoms with Crippen molar-refractivity contribution in [3.63, 3.8) is 0 Å². The fraction of sp³-hybridized carbons (Fsp3) is 0.667. The fourth-order valence-electron chi connectivity index (χ4n) is 2.05. The van der Waals surface area contributed by atoms with Crippen LogP contribution in [0.15, 0.2) is 23.3 Å². The number of aliphatic hydroxyl groups is 1. The zero-order chi connectivity index (χ0) is 13.8. The maximum Gasteiger partial charge on any atom is 0.167 e. The average Bonchev–Trinajstić information content (AvgIpc) is 2.54. The number of carbonyl (C=O) groups excluding carboxylic acids is 1. The van der Waals surface area contributed by atoms with E-state index in [1.807, 2.05) is 33.8 Å². The summed E-state index contributed by atoms with van der Waals surface area (Å²) >= 11 is 0. The van der Waals surface area contributed by atoms with E-state index in [-0.39, 0.29) is 18.5 Å². The van der Waals surface area contributed by atoms with Crippen LogP contribution in [-0.4, -0.2) is 29.2 Å². The van der Waals surface area contributed by atoms with Gasteiger partial charge in [0, 0.05) is 6.42 Å². The molecule has 1 aliphatic rings. The summed E-state index contributed by atoms with van der Waals surface area (Å²) in [5, 5.41) is 8.76. The summed E-state index contributed by atoms with van der Waals surface area (Å²) < 4.78 is 5.76. The van der Waals surface area contributed by atoms with Crippen LogP contribution < -0.4 is 0 Å².